The van der Waals surface area contributed by atoms with Crippen molar-refractivity contribution in [1.82, 2.24) is 0 Å². The van der Waals surface area contributed by atoms with E-state index in [1.165, 1.54) is 5.57 Å². The predicted octanol–water partition coefficient (Wildman–Crippen LogP) is 2.91. The van der Waals surface area contributed by atoms with Crippen molar-refractivity contribution in [3.63, 3.8) is 0 Å². The molecule has 0 unspecified atom stereocenters. The molecule has 0 aromatic carbocycles. The summed E-state index contributed by atoms with van der Waals surface area (Å²) in [7, 11) is 0. The van der Waals surface area contributed by atoms with Crippen molar-refractivity contribution in [2.75, 3.05) is 6.61 Å². The standard InChI is InChI=1S/C12H24O2/c1-7-8-10(2)12(5,6)14-11(3,4)9-13/h8,13H,7,9H2,1-6H3/b10-8+. The molecule has 2 nitrogen and oxygen atoms in total. The molecule has 0 radical (unpaired) electrons. The first-order valence-electron chi connectivity index (χ1n) is 5.23. The third-order valence-electron chi connectivity index (χ3n) is 2.37. The number of aliphatic hydroxyl groups is 1. The Morgan fingerprint density at radius 2 is 1.79 bits per heavy atom. The second-order valence-corrected chi connectivity index (χ2v) is 4.83. The summed E-state index contributed by atoms with van der Waals surface area (Å²) in [5.74, 6) is 0. The van der Waals surface area contributed by atoms with Crippen molar-refractivity contribution >= 4 is 0 Å². The maximum atomic E-state index is 9.12. The van der Waals surface area contributed by atoms with Crippen LogP contribution in [0.3, 0.4) is 0 Å². The van der Waals surface area contributed by atoms with Gasteiger partial charge in [0, 0.05) is 0 Å². The highest BCUT2D eigenvalue weighted by Crippen LogP contribution is 2.26. The summed E-state index contributed by atoms with van der Waals surface area (Å²) in [6.07, 6.45) is 3.17. The van der Waals surface area contributed by atoms with E-state index in [9.17, 15) is 0 Å². The largest absolute Gasteiger partial charge is 0.393 e. The lowest BCUT2D eigenvalue weighted by Gasteiger charge is -2.35. The van der Waals surface area contributed by atoms with Crippen LogP contribution in [0.15, 0.2) is 11.6 Å². The van der Waals surface area contributed by atoms with Crippen molar-refractivity contribution in [1.29, 1.82) is 0 Å². The Labute approximate surface area is 88.0 Å². The van der Waals surface area contributed by atoms with Crippen LogP contribution in [0.25, 0.3) is 0 Å². The van der Waals surface area contributed by atoms with Crippen LogP contribution in [0, 0.1) is 0 Å². The number of hydrogen-bond acceptors (Lipinski definition) is 2. The molecule has 0 aliphatic carbocycles. The van der Waals surface area contributed by atoms with Crippen molar-refractivity contribution in [3.05, 3.63) is 11.6 Å². The molecule has 0 saturated heterocycles. The molecule has 0 fully saturated rings. The molecular weight excluding hydrogens is 176 g/mol. The topological polar surface area (TPSA) is 29.5 Å². The van der Waals surface area contributed by atoms with Crippen LogP contribution < -0.4 is 0 Å². The predicted molar refractivity (Wildman–Crippen MR) is 60.4 cm³/mol. The summed E-state index contributed by atoms with van der Waals surface area (Å²) in [5, 5.41) is 9.12. The third-order valence-corrected chi connectivity index (χ3v) is 2.37. The highest BCUT2D eigenvalue weighted by atomic mass is 16.5. The van der Waals surface area contributed by atoms with Crippen LogP contribution in [0.5, 0.6) is 0 Å². The molecular formula is C12H24O2. The van der Waals surface area contributed by atoms with Gasteiger partial charge < -0.3 is 9.84 Å². The van der Waals surface area contributed by atoms with Gasteiger partial charge in [0.1, 0.15) is 0 Å². The Morgan fingerprint density at radius 3 is 2.14 bits per heavy atom. The van der Waals surface area contributed by atoms with Crippen LogP contribution >= 0.6 is 0 Å². The van der Waals surface area contributed by atoms with Gasteiger partial charge in [0.05, 0.1) is 17.8 Å². The number of aliphatic hydroxyl groups excluding tert-OH is 1. The highest BCUT2D eigenvalue weighted by molar-refractivity contribution is 5.11. The highest BCUT2D eigenvalue weighted by Gasteiger charge is 2.29. The normalized spacial score (nSPS) is 14.6. The van der Waals surface area contributed by atoms with Gasteiger partial charge in [-0.05, 0) is 46.6 Å². The summed E-state index contributed by atoms with van der Waals surface area (Å²) in [6.45, 7) is 12.1. The molecule has 0 amide bonds. The van der Waals surface area contributed by atoms with Crippen molar-refractivity contribution in [2.45, 2.75) is 59.2 Å². The fourth-order valence-electron chi connectivity index (χ4n) is 1.36. The molecule has 0 bridgehead atoms. The smallest absolute Gasteiger partial charge is 0.0867 e. The minimum atomic E-state index is -0.480. The van der Waals surface area contributed by atoms with Gasteiger partial charge in [0.25, 0.3) is 0 Å². The van der Waals surface area contributed by atoms with E-state index >= 15 is 0 Å². The zero-order chi connectivity index (χ0) is 11.4. The average molecular weight is 200 g/mol. The molecule has 0 aromatic rings. The summed E-state index contributed by atoms with van der Waals surface area (Å²) in [6, 6.07) is 0. The molecule has 2 heteroatoms. The molecule has 0 aromatic heterocycles. The second-order valence-electron chi connectivity index (χ2n) is 4.83. The van der Waals surface area contributed by atoms with Crippen LogP contribution in [0.1, 0.15) is 48.0 Å². The lowest BCUT2D eigenvalue weighted by atomic mass is 9.97. The Hall–Kier alpha value is -0.340. The van der Waals surface area contributed by atoms with E-state index in [-0.39, 0.29) is 12.2 Å². The van der Waals surface area contributed by atoms with Crippen LogP contribution in [-0.2, 0) is 4.74 Å². The monoisotopic (exact) mass is 200 g/mol. The lowest BCUT2D eigenvalue weighted by Crippen LogP contribution is -2.40. The molecule has 0 rings (SSSR count). The lowest BCUT2D eigenvalue weighted by molar-refractivity contribution is -0.124. The van der Waals surface area contributed by atoms with E-state index in [4.69, 9.17) is 9.84 Å². The number of rotatable bonds is 5. The molecule has 1 N–H and O–H groups in total. The van der Waals surface area contributed by atoms with Gasteiger partial charge in [-0.15, -0.1) is 0 Å². The maximum absolute atomic E-state index is 9.12. The van der Waals surface area contributed by atoms with E-state index in [0.717, 1.165) is 6.42 Å². The van der Waals surface area contributed by atoms with E-state index in [1.807, 2.05) is 27.7 Å². The quantitative estimate of drug-likeness (QED) is 0.691. The van der Waals surface area contributed by atoms with Gasteiger partial charge in [-0.2, -0.15) is 0 Å². The summed E-state index contributed by atoms with van der Waals surface area (Å²) < 4.78 is 5.87. The first kappa shape index (κ1) is 13.7. The van der Waals surface area contributed by atoms with Crippen LogP contribution in [0.4, 0.5) is 0 Å². The fourth-order valence-corrected chi connectivity index (χ4v) is 1.36. The number of hydrogen-bond donors (Lipinski definition) is 1. The minimum absolute atomic E-state index is 0.0375. The summed E-state index contributed by atoms with van der Waals surface area (Å²) >= 11 is 0. The first-order chi connectivity index (χ1) is 6.25. The van der Waals surface area contributed by atoms with Gasteiger partial charge >= 0.3 is 0 Å². The summed E-state index contributed by atoms with van der Waals surface area (Å²) in [4.78, 5) is 0. The second kappa shape index (κ2) is 4.94. The van der Waals surface area contributed by atoms with Gasteiger partial charge in [0.2, 0.25) is 0 Å². The minimum Gasteiger partial charge on any atom is -0.393 e. The molecule has 0 aliphatic heterocycles. The Bertz CT molecular complexity index is 202. The molecule has 84 valence electrons. The van der Waals surface area contributed by atoms with E-state index in [1.54, 1.807) is 0 Å². The molecule has 0 saturated carbocycles. The summed E-state index contributed by atoms with van der Waals surface area (Å²) in [5.41, 5.74) is 0.427. The Morgan fingerprint density at radius 1 is 1.29 bits per heavy atom. The van der Waals surface area contributed by atoms with E-state index in [0.29, 0.717) is 0 Å². The molecule has 14 heavy (non-hydrogen) atoms. The van der Waals surface area contributed by atoms with Gasteiger partial charge in [-0.25, -0.2) is 0 Å². The molecule has 0 heterocycles. The van der Waals surface area contributed by atoms with Crippen molar-refractivity contribution in [2.24, 2.45) is 0 Å². The number of allylic oxidation sites excluding steroid dienone is 1. The molecule has 0 atom stereocenters. The zero-order valence-corrected chi connectivity index (χ0v) is 10.3. The van der Waals surface area contributed by atoms with Crippen LogP contribution in [-0.4, -0.2) is 22.9 Å². The SMILES string of the molecule is CC/C=C(\C)C(C)(C)OC(C)(C)CO. The van der Waals surface area contributed by atoms with Crippen molar-refractivity contribution < 1.29 is 9.84 Å². The zero-order valence-electron chi connectivity index (χ0n) is 10.3. The van der Waals surface area contributed by atoms with Crippen molar-refractivity contribution in [3.8, 4) is 0 Å². The fraction of sp³-hybridized carbons (Fsp3) is 0.833. The van der Waals surface area contributed by atoms with Gasteiger partial charge in [-0.1, -0.05) is 13.0 Å². The van der Waals surface area contributed by atoms with Gasteiger partial charge in [-0.3, -0.25) is 0 Å². The molecule has 0 aliphatic rings. The maximum Gasteiger partial charge on any atom is 0.0867 e. The van der Waals surface area contributed by atoms with Gasteiger partial charge in [0.15, 0.2) is 0 Å². The average Bonchev–Trinajstić information content (AvgIpc) is 2.03. The Balaban J connectivity index is 4.56. The first-order valence-corrected chi connectivity index (χ1v) is 5.23. The third kappa shape index (κ3) is 4.25. The van der Waals surface area contributed by atoms with E-state index < -0.39 is 5.60 Å². The molecule has 0 spiro atoms. The van der Waals surface area contributed by atoms with Crippen LogP contribution in [0.2, 0.25) is 0 Å². The van der Waals surface area contributed by atoms with E-state index in [2.05, 4.69) is 19.9 Å². The number of ether oxygens (including phenoxy) is 1. The Kier molecular flexibility index (Phi) is 4.82.